The summed E-state index contributed by atoms with van der Waals surface area (Å²) in [5.74, 6) is -0.992. The summed E-state index contributed by atoms with van der Waals surface area (Å²) in [5, 5.41) is 5.81. The molecule has 6 nitrogen and oxygen atoms in total. The highest BCUT2D eigenvalue weighted by Crippen LogP contribution is 2.25. The fourth-order valence-corrected chi connectivity index (χ4v) is 3.07. The molecule has 2 amide bonds. The van der Waals surface area contributed by atoms with E-state index in [2.05, 4.69) is 15.6 Å². The van der Waals surface area contributed by atoms with Gasteiger partial charge in [-0.1, -0.05) is 11.6 Å². The SMILES string of the molecule is Cn1cncc1[C@@H]1NC(=O)CC[C@H]1NC(=O)c1ccc(F)cc1Cl. The quantitative estimate of drug-likeness (QED) is 0.888. The number of halogens is 2. The van der Waals surface area contributed by atoms with Gasteiger partial charge < -0.3 is 15.2 Å². The van der Waals surface area contributed by atoms with Crippen LogP contribution in [0.5, 0.6) is 0 Å². The molecule has 2 N–H and O–H groups in total. The molecule has 1 fully saturated rings. The Balaban J connectivity index is 1.82. The monoisotopic (exact) mass is 350 g/mol. The molecule has 2 heterocycles. The van der Waals surface area contributed by atoms with Crippen LogP contribution in [0.4, 0.5) is 4.39 Å². The third-order valence-corrected chi connectivity index (χ3v) is 4.38. The minimum Gasteiger partial charge on any atom is -0.347 e. The van der Waals surface area contributed by atoms with E-state index in [-0.39, 0.29) is 28.6 Å². The second kappa shape index (κ2) is 6.60. The molecule has 126 valence electrons. The van der Waals surface area contributed by atoms with Crippen molar-refractivity contribution in [3.63, 3.8) is 0 Å². The Morgan fingerprint density at radius 2 is 2.29 bits per heavy atom. The third-order valence-electron chi connectivity index (χ3n) is 4.07. The van der Waals surface area contributed by atoms with Crippen molar-refractivity contribution in [3.05, 3.63) is 52.8 Å². The largest absolute Gasteiger partial charge is 0.347 e. The van der Waals surface area contributed by atoms with Crippen LogP contribution < -0.4 is 10.6 Å². The molecule has 2 aromatic rings. The first-order valence-corrected chi connectivity index (χ1v) is 7.85. The summed E-state index contributed by atoms with van der Waals surface area (Å²) in [5.41, 5.74) is 0.984. The first-order chi connectivity index (χ1) is 11.5. The van der Waals surface area contributed by atoms with Gasteiger partial charge in [-0.05, 0) is 24.6 Å². The van der Waals surface area contributed by atoms with Crippen LogP contribution in [0.3, 0.4) is 0 Å². The minimum absolute atomic E-state index is 0.0458. The van der Waals surface area contributed by atoms with Gasteiger partial charge in [0.15, 0.2) is 0 Å². The number of rotatable bonds is 3. The van der Waals surface area contributed by atoms with Gasteiger partial charge >= 0.3 is 0 Å². The summed E-state index contributed by atoms with van der Waals surface area (Å²) in [4.78, 5) is 28.3. The molecule has 24 heavy (non-hydrogen) atoms. The van der Waals surface area contributed by atoms with Crippen molar-refractivity contribution in [1.29, 1.82) is 0 Å². The lowest BCUT2D eigenvalue weighted by molar-refractivity contribution is -0.123. The Morgan fingerprint density at radius 1 is 1.50 bits per heavy atom. The molecule has 0 spiro atoms. The van der Waals surface area contributed by atoms with Crippen LogP contribution in [0.25, 0.3) is 0 Å². The van der Waals surface area contributed by atoms with Crippen molar-refractivity contribution >= 4 is 23.4 Å². The number of nitrogens with zero attached hydrogens (tertiary/aromatic N) is 2. The number of aromatic nitrogens is 2. The van der Waals surface area contributed by atoms with Gasteiger partial charge in [0.05, 0.1) is 40.9 Å². The van der Waals surface area contributed by atoms with Crippen LogP contribution >= 0.6 is 11.6 Å². The first-order valence-electron chi connectivity index (χ1n) is 7.47. The molecule has 0 bridgehead atoms. The maximum Gasteiger partial charge on any atom is 0.253 e. The van der Waals surface area contributed by atoms with Gasteiger partial charge in [0.25, 0.3) is 5.91 Å². The molecule has 0 saturated carbocycles. The number of hydrogen-bond acceptors (Lipinski definition) is 3. The van der Waals surface area contributed by atoms with Crippen LogP contribution in [0.2, 0.25) is 5.02 Å². The summed E-state index contributed by atoms with van der Waals surface area (Å²) >= 11 is 5.94. The number of nitrogens with one attached hydrogen (secondary N) is 2. The molecule has 1 aromatic carbocycles. The summed E-state index contributed by atoms with van der Waals surface area (Å²) in [6.45, 7) is 0. The molecule has 0 radical (unpaired) electrons. The van der Waals surface area contributed by atoms with E-state index in [9.17, 15) is 14.0 Å². The van der Waals surface area contributed by atoms with Crippen molar-refractivity contribution in [2.24, 2.45) is 7.05 Å². The number of imidazole rings is 1. The molecule has 3 rings (SSSR count). The Labute approximate surface area is 143 Å². The van der Waals surface area contributed by atoms with Crippen molar-refractivity contribution < 1.29 is 14.0 Å². The van der Waals surface area contributed by atoms with Crippen LogP contribution in [0.1, 0.15) is 34.9 Å². The average Bonchev–Trinajstić information content (AvgIpc) is 2.95. The number of aryl methyl sites for hydroxylation is 1. The summed E-state index contributed by atoms with van der Waals surface area (Å²) in [6.07, 6.45) is 4.09. The van der Waals surface area contributed by atoms with E-state index in [0.717, 1.165) is 11.8 Å². The second-order valence-corrected chi connectivity index (χ2v) is 6.12. The Kier molecular flexibility index (Phi) is 4.53. The molecule has 2 atom stereocenters. The highest BCUT2D eigenvalue weighted by molar-refractivity contribution is 6.33. The summed E-state index contributed by atoms with van der Waals surface area (Å²) in [6, 6.07) is 2.92. The van der Waals surface area contributed by atoms with E-state index < -0.39 is 11.7 Å². The number of carbonyl (C=O) groups is 2. The van der Waals surface area contributed by atoms with E-state index >= 15 is 0 Å². The molecule has 0 aliphatic carbocycles. The molecular formula is C16H16ClFN4O2. The molecule has 1 saturated heterocycles. The zero-order chi connectivity index (χ0) is 17.3. The fourth-order valence-electron chi connectivity index (χ4n) is 2.82. The lowest BCUT2D eigenvalue weighted by atomic mass is 9.95. The van der Waals surface area contributed by atoms with E-state index in [1.807, 2.05) is 7.05 Å². The van der Waals surface area contributed by atoms with E-state index in [4.69, 9.17) is 11.6 Å². The fraction of sp³-hybridized carbons (Fsp3) is 0.312. The molecule has 8 heteroatoms. The highest BCUT2D eigenvalue weighted by Gasteiger charge is 2.33. The maximum absolute atomic E-state index is 13.1. The van der Waals surface area contributed by atoms with Gasteiger partial charge in [-0.15, -0.1) is 0 Å². The molecule has 1 aliphatic rings. The lowest BCUT2D eigenvalue weighted by Crippen LogP contribution is -2.50. The average molecular weight is 351 g/mol. The van der Waals surface area contributed by atoms with Gasteiger partial charge in [0, 0.05) is 13.5 Å². The molecule has 0 unspecified atom stereocenters. The number of benzene rings is 1. The third kappa shape index (κ3) is 3.26. The van der Waals surface area contributed by atoms with Crippen LogP contribution in [0.15, 0.2) is 30.7 Å². The van der Waals surface area contributed by atoms with Gasteiger partial charge in [0.1, 0.15) is 5.82 Å². The normalized spacial score (nSPS) is 20.5. The molecule has 1 aliphatic heterocycles. The van der Waals surface area contributed by atoms with Gasteiger partial charge in [-0.25, -0.2) is 9.37 Å². The van der Waals surface area contributed by atoms with E-state index in [0.29, 0.717) is 12.8 Å². The van der Waals surface area contributed by atoms with Crippen LogP contribution in [0, 0.1) is 5.82 Å². The van der Waals surface area contributed by atoms with Crippen molar-refractivity contribution in [3.8, 4) is 0 Å². The number of amides is 2. The number of hydrogen-bond donors (Lipinski definition) is 2. The second-order valence-electron chi connectivity index (χ2n) is 5.72. The summed E-state index contributed by atoms with van der Waals surface area (Å²) in [7, 11) is 1.82. The predicted molar refractivity (Wildman–Crippen MR) is 86.0 cm³/mol. The zero-order valence-corrected chi connectivity index (χ0v) is 13.7. The van der Waals surface area contributed by atoms with Crippen LogP contribution in [-0.2, 0) is 11.8 Å². The molecular weight excluding hydrogens is 335 g/mol. The van der Waals surface area contributed by atoms with Crippen molar-refractivity contribution in [2.45, 2.75) is 24.9 Å². The maximum atomic E-state index is 13.1. The highest BCUT2D eigenvalue weighted by atomic mass is 35.5. The van der Waals surface area contributed by atoms with E-state index in [1.54, 1.807) is 17.1 Å². The van der Waals surface area contributed by atoms with Gasteiger partial charge in [-0.3, -0.25) is 9.59 Å². The van der Waals surface area contributed by atoms with Crippen LogP contribution in [-0.4, -0.2) is 27.4 Å². The summed E-state index contributed by atoms with van der Waals surface area (Å²) < 4.78 is 14.9. The smallest absolute Gasteiger partial charge is 0.253 e. The lowest BCUT2D eigenvalue weighted by Gasteiger charge is -2.33. The van der Waals surface area contributed by atoms with Crippen molar-refractivity contribution in [2.75, 3.05) is 0 Å². The van der Waals surface area contributed by atoms with Gasteiger partial charge in [-0.2, -0.15) is 0 Å². The Hall–Kier alpha value is -2.41. The van der Waals surface area contributed by atoms with Crippen molar-refractivity contribution in [1.82, 2.24) is 20.2 Å². The Bertz CT molecular complexity index is 792. The zero-order valence-electron chi connectivity index (χ0n) is 12.9. The number of carbonyl (C=O) groups excluding carboxylic acids is 2. The van der Waals surface area contributed by atoms with Gasteiger partial charge in [0.2, 0.25) is 5.91 Å². The van der Waals surface area contributed by atoms with E-state index in [1.165, 1.54) is 12.1 Å². The topological polar surface area (TPSA) is 76.0 Å². The standard InChI is InChI=1S/C16H16ClFN4O2/c1-22-8-19-7-13(22)15-12(4-5-14(23)21-15)20-16(24)10-3-2-9(18)6-11(10)17/h2-3,6-8,12,15H,4-5H2,1H3,(H,20,24)(H,21,23)/t12-,15-/m1/s1. The first kappa shape index (κ1) is 16.4. The number of piperidine rings is 1. The minimum atomic E-state index is -0.505. The Morgan fingerprint density at radius 3 is 2.96 bits per heavy atom. The molecule has 1 aromatic heterocycles. The predicted octanol–water partition coefficient (Wildman–Crippen LogP) is 1.96.